The van der Waals surface area contributed by atoms with E-state index in [2.05, 4.69) is 25.7 Å². The molecule has 1 atom stereocenters. The lowest BCUT2D eigenvalue weighted by Gasteiger charge is -2.28. The number of amides is 1. The Balaban J connectivity index is 1.59. The molecule has 4 rings (SSSR count). The van der Waals surface area contributed by atoms with Crippen molar-refractivity contribution in [3.05, 3.63) is 48.4 Å². The van der Waals surface area contributed by atoms with Gasteiger partial charge in [0, 0.05) is 12.1 Å². The second-order valence-corrected chi connectivity index (χ2v) is 5.95. The fourth-order valence-corrected chi connectivity index (χ4v) is 3.15. The highest BCUT2D eigenvalue weighted by atomic mass is 16.5. The van der Waals surface area contributed by atoms with Crippen molar-refractivity contribution in [3.63, 3.8) is 0 Å². The molecule has 0 bridgehead atoms. The van der Waals surface area contributed by atoms with Crippen molar-refractivity contribution in [2.45, 2.75) is 31.7 Å². The van der Waals surface area contributed by atoms with Gasteiger partial charge in [0.2, 0.25) is 6.39 Å². The average Bonchev–Trinajstić information content (AvgIpc) is 3.32. The minimum atomic E-state index is -0.145. The van der Waals surface area contributed by atoms with E-state index in [1.54, 1.807) is 16.8 Å². The predicted molar refractivity (Wildman–Crippen MR) is 85.7 cm³/mol. The lowest BCUT2D eigenvalue weighted by molar-refractivity contribution is 0.0670. The highest BCUT2D eigenvalue weighted by molar-refractivity contribution is 5.94. The van der Waals surface area contributed by atoms with Gasteiger partial charge < -0.3 is 9.42 Å². The monoisotopic (exact) mass is 339 g/mol. The molecule has 25 heavy (non-hydrogen) atoms. The summed E-state index contributed by atoms with van der Waals surface area (Å²) in [6.45, 7) is 0.687. The van der Waals surface area contributed by atoms with Crippen LogP contribution in [0, 0.1) is 0 Å². The molecule has 0 N–H and O–H groups in total. The highest BCUT2D eigenvalue weighted by Gasteiger charge is 2.30. The van der Waals surface area contributed by atoms with Gasteiger partial charge in [-0.05, 0) is 47.5 Å². The first-order valence-corrected chi connectivity index (χ1v) is 8.23. The molecule has 1 aliphatic rings. The maximum atomic E-state index is 13.0. The van der Waals surface area contributed by atoms with Gasteiger partial charge in [-0.1, -0.05) is 18.0 Å². The van der Waals surface area contributed by atoms with Crippen molar-refractivity contribution in [2.24, 2.45) is 0 Å². The first kappa shape index (κ1) is 15.4. The van der Waals surface area contributed by atoms with E-state index < -0.39 is 0 Å². The number of hydrogen-bond acceptors (Lipinski definition) is 7. The topological polar surface area (TPSA) is 103 Å². The van der Waals surface area contributed by atoms with Gasteiger partial charge in [-0.25, -0.2) is 4.68 Å². The number of benzene rings is 1. The van der Waals surface area contributed by atoms with Gasteiger partial charge in [0.05, 0.1) is 11.7 Å². The van der Waals surface area contributed by atoms with Crippen LogP contribution in [0.5, 0.6) is 0 Å². The molecule has 1 aromatic carbocycles. The van der Waals surface area contributed by atoms with Crippen LogP contribution < -0.4 is 0 Å². The number of likely N-dealkylation sites (tertiary alicyclic amines) is 1. The Morgan fingerprint density at radius 3 is 2.76 bits per heavy atom. The summed E-state index contributed by atoms with van der Waals surface area (Å²) in [7, 11) is 0. The molecular weight excluding hydrogens is 322 g/mol. The zero-order valence-corrected chi connectivity index (χ0v) is 13.5. The smallest absolute Gasteiger partial charge is 0.254 e. The van der Waals surface area contributed by atoms with E-state index in [1.807, 2.05) is 17.0 Å². The van der Waals surface area contributed by atoms with Crippen LogP contribution in [-0.2, 0) is 0 Å². The molecule has 1 fully saturated rings. The van der Waals surface area contributed by atoms with Crippen LogP contribution in [-0.4, -0.2) is 47.7 Å². The van der Waals surface area contributed by atoms with Gasteiger partial charge in [0.25, 0.3) is 5.91 Å². The SMILES string of the molecule is O=C(c1ccc(-n2cnnn2)cc1)N1CCCCC[C@@H]1c1ncon1. The molecule has 1 saturated heterocycles. The summed E-state index contributed by atoms with van der Waals surface area (Å²) in [5.41, 5.74) is 1.42. The maximum absolute atomic E-state index is 13.0. The molecule has 0 saturated carbocycles. The van der Waals surface area contributed by atoms with Crippen LogP contribution in [0.4, 0.5) is 0 Å². The van der Waals surface area contributed by atoms with Crippen molar-refractivity contribution < 1.29 is 9.32 Å². The Labute approximate surface area is 143 Å². The van der Waals surface area contributed by atoms with Gasteiger partial charge in [0.15, 0.2) is 5.82 Å². The van der Waals surface area contributed by atoms with Crippen molar-refractivity contribution in [2.75, 3.05) is 6.54 Å². The normalized spacial score (nSPS) is 18.1. The fraction of sp³-hybridized carbons (Fsp3) is 0.375. The quantitative estimate of drug-likeness (QED) is 0.717. The molecule has 0 spiro atoms. The van der Waals surface area contributed by atoms with Gasteiger partial charge in [-0.2, -0.15) is 4.98 Å². The molecule has 0 unspecified atom stereocenters. The molecule has 3 heterocycles. The molecule has 2 aromatic heterocycles. The summed E-state index contributed by atoms with van der Waals surface area (Å²) in [5.74, 6) is 0.542. The molecule has 0 radical (unpaired) electrons. The molecule has 1 amide bonds. The first-order chi connectivity index (χ1) is 12.3. The number of carbonyl (C=O) groups excluding carboxylic acids is 1. The Kier molecular flexibility index (Phi) is 4.19. The van der Waals surface area contributed by atoms with E-state index in [0.717, 1.165) is 31.4 Å². The van der Waals surface area contributed by atoms with Crippen LogP contribution >= 0.6 is 0 Å². The molecule has 3 aromatic rings. The molecule has 128 valence electrons. The van der Waals surface area contributed by atoms with E-state index in [4.69, 9.17) is 4.52 Å². The summed E-state index contributed by atoms with van der Waals surface area (Å²) >= 11 is 0. The van der Waals surface area contributed by atoms with E-state index in [9.17, 15) is 4.79 Å². The zero-order chi connectivity index (χ0) is 17.1. The number of carbonyl (C=O) groups is 1. The Hall–Kier alpha value is -3.10. The summed E-state index contributed by atoms with van der Waals surface area (Å²) in [6, 6.07) is 7.08. The van der Waals surface area contributed by atoms with Gasteiger partial charge >= 0.3 is 0 Å². The fourth-order valence-electron chi connectivity index (χ4n) is 3.15. The third kappa shape index (κ3) is 3.12. The third-order valence-corrected chi connectivity index (χ3v) is 4.42. The van der Waals surface area contributed by atoms with E-state index >= 15 is 0 Å². The largest absolute Gasteiger partial charge is 0.343 e. The van der Waals surface area contributed by atoms with E-state index in [1.165, 1.54) is 12.7 Å². The molecule has 9 heteroatoms. The van der Waals surface area contributed by atoms with Crippen molar-refractivity contribution >= 4 is 5.91 Å². The standard InChI is InChI=1S/C16H17N7O2/c24-16(12-5-7-13(8-6-12)23-10-18-20-21-23)22-9-3-1-2-4-14(22)15-17-11-25-19-15/h5-8,10-11,14H,1-4,9H2/t14-/m1/s1. The Morgan fingerprint density at radius 2 is 2.04 bits per heavy atom. The molecule has 1 aliphatic heterocycles. The number of tetrazole rings is 1. The lowest BCUT2D eigenvalue weighted by atomic mass is 10.1. The van der Waals surface area contributed by atoms with Crippen molar-refractivity contribution in [3.8, 4) is 5.69 Å². The van der Waals surface area contributed by atoms with Gasteiger partial charge in [0.1, 0.15) is 6.33 Å². The zero-order valence-electron chi connectivity index (χ0n) is 13.5. The summed E-state index contributed by atoms with van der Waals surface area (Å²) in [4.78, 5) is 19.1. The minimum Gasteiger partial charge on any atom is -0.343 e. The summed E-state index contributed by atoms with van der Waals surface area (Å²) in [5, 5.41) is 15.0. The Morgan fingerprint density at radius 1 is 1.16 bits per heavy atom. The van der Waals surface area contributed by atoms with Gasteiger partial charge in [-0.15, -0.1) is 5.10 Å². The second-order valence-electron chi connectivity index (χ2n) is 5.95. The minimum absolute atomic E-state index is 0.0278. The maximum Gasteiger partial charge on any atom is 0.254 e. The van der Waals surface area contributed by atoms with E-state index in [-0.39, 0.29) is 11.9 Å². The molecular formula is C16H17N7O2. The number of nitrogens with zero attached hydrogens (tertiary/aromatic N) is 7. The Bertz CT molecular complexity index is 815. The summed E-state index contributed by atoms with van der Waals surface area (Å²) < 4.78 is 6.42. The predicted octanol–water partition coefficient (Wildman–Crippen LogP) is 1.80. The average molecular weight is 339 g/mol. The first-order valence-electron chi connectivity index (χ1n) is 8.23. The van der Waals surface area contributed by atoms with Gasteiger partial charge in [-0.3, -0.25) is 4.79 Å². The number of hydrogen-bond donors (Lipinski definition) is 0. The van der Waals surface area contributed by atoms with Crippen LogP contribution in [0.15, 0.2) is 41.5 Å². The lowest BCUT2D eigenvalue weighted by Crippen LogP contribution is -2.35. The number of rotatable bonds is 3. The highest BCUT2D eigenvalue weighted by Crippen LogP contribution is 2.29. The molecule has 0 aliphatic carbocycles. The van der Waals surface area contributed by atoms with Crippen LogP contribution in [0.25, 0.3) is 5.69 Å². The van der Waals surface area contributed by atoms with Crippen molar-refractivity contribution in [1.29, 1.82) is 0 Å². The number of aromatic nitrogens is 6. The molecule has 9 nitrogen and oxygen atoms in total. The second kappa shape index (κ2) is 6.80. The van der Waals surface area contributed by atoms with Crippen LogP contribution in [0.3, 0.4) is 0 Å². The summed E-state index contributed by atoms with van der Waals surface area (Å²) in [6.07, 6.45) is 6.77. The third-order valence-electron chi connectivity index (χ3n) is 4.42. The van der Waals surface area contributed by atoms with E-state index in [0.29, 0.717) is 17.9 Å². The van der Waals surface area contributed by atoms with Crippen molar-refractivity contribution in [1.82, 2.24) is 35.2 Å². The van der Waals surface area contributed by atoms with Crippen LogP contribution in [0.1, 0.15) is 47.9 Å². The van der Waals surface area contributed by atoms with Crippen LogP contribution in [0.2, 0.25) is 0 Å².